The maximum Gasteiger partial charge on any atom is 0.151 e. The van der Waals surface area contributed by atoms with E-state index >= 15 is 0 Å². The molecule has 2 aliphatic heterocycles. The Hall–Kier alpha value is -2.84. The van der Waals surface area contributed by atoms with Gasteiger partial charge in [-0.05, 0) is 37.8 Å². The van der Waals surface area contributed by atoms with Crippen molar-refractivity contribution in [2.75, 3.05) is 4.90 Å². The number of piperidine rings is 1. The molecule has 3 aromatic heterocycles. The van der Waals surface area contributed by atoms with Crippen LogP contribution < -0.4 is 10.6 Å². The van der Waals surface area contributed by atoms with Crippen molar-refractivity contribution in [3.05, 3.63) is 42.2 Å². The Morgan fingerprint density at radius 1 is 1.03 bits per heavy atom. The first kappa shape index (κ1) is 17.1. The van der Waals surface area contributed by atoms with Crippen LogP contribution in [-0.4, -0.2) is 43.5 Å². The lowest BCUT2D eigenvalue weighted by molar-refractivity contribution is 0.411. The molecule has 2 atom stereocenters. The van der Waals surface area contributed by atoms with Crippen molar-refractivity contribution in [2.24, 2.45) is 5.73 Å². The Morgan fingerprint density at radius 2 is 1.86 bits per heavy atom. The Bertz CT molecular complexity index is 1140. The molecule has 7 nitrogen and oxygen atoms in total. The van der Waals surface area contributed by atoms with Crippen LogP contribution in [0.1, 0.15) is 25.7 Å². The number of fused-ring (bicyclic) bond motifs is 3. The number of H-pyrrole nitrogens is 1. The molecule has 1 aromatic carbocycles. The molecule has 146 valence electrons. The molecule has 6 rings (SSSR count). The summed E-state index contributed by atoms with van der Waals surface area (Å²) in [5, 5.41) is 16.1. The lowest BCUT2D eigenvalue weighted by atomic mass is 9.98. The first-order chi connectivity index (χ1) is 14.3. The van der Waals surface area contributed by atoms with E-state index in [1.807, 2.05) is 17.9 Å². The zero-order chi connectivity index (χ0) is 19.4. The van der Waals surface area contributed by atoms with Crippen molar-refractivity contribution in [1.29, 1.82) is 0 Å². The van der Waals surface area contributed by atoms with Crippen molar-refractivity contribution < 1.29 is 0 Å². The van der Waals surface area contributed by atoms with E-state index in [4.69, 9.17) is 5.73 Å². The van der Waals surface area contributed by atoms with Gasteiger partial charge in [0.2, 0.25) is 0 Å². The van der Waals surface area contributed by atoms with E-state index in [9.17, 15) is 0 Å². The van der Waals surface area contributed by atoms with E-state index < -0.39 is 0 Å². The van der Waals surface area contributed by atoms with Crippen LogP contribution in [0.3, 0.4) is 0 Å². The molecule has 5 heterocycles. The van der Waals surface area contributed by atoms with Crippen molar-refractivity contribution in [1.82, 2.24) is 25.4 Å². The molecule has 0 amide bonds. The number of hydrogen-bond acceptors (Lipinski definition) is 7. The molecule has 2 bridgehead atoms. The molecule has 4 aromatic rings. The van der Waals surface area contributed by atoms with Crippen LogP contribution in [0, 0.1) is 0 Å². The van der Waals surface area contributed by atoms with Gasteiger partial charge in [0.1, 0.15) is 0 Å². The number of hydrogen-bond donors (Lipinski definition) is 2. The number of aromatic nitrogens is 5. The van der Waals surface area contributed by atoms with Gasteiger partial charge in [-0.3, -0.25) is 5.10 Å². The van der Waals surface area contributed by atoms with Crippen molar-refractivity contribution in [2.45, 2.75) is 43.8 Å². The number of nitrogens with zero attached hydrogens (tertiary/aromatic N) is 5. The summed E-state index contributed by atoms with van der Waals surface area (Å²) in [5.41, 5.74) is 13.1. The number of nitrogens with one attached hydrogen (secondary N) is 1. The zero-order valence-corrected chi connectivity index (χ0v) is 16.6. The Balaban J connectivity index is 1.36. The van der Waals surface area contributed by atoms with Crippen molar-refractivity contribution >= 4 is 27.4 Å². The van der Waals surface area contributed by atoms with Crippen LogP contribution in [0.5, 0.6) is 0 Å². The molecule has 0 saturated carbocycles. The quantitative estimate of drug-likeness (QED) is 0.542. The molecule has 0 spiro atoms. The number of thiazole rings is 1. The van der Waals surface area contributed by atoms with E-state index in [1.165, 1.54) is 12.8 Å². The van der Waals surface area contributed by atoms with Crippen molar-refractivity contribution in [3.63, 3.8) is 0 Å². The fourth-order valence-electron chi connectivity index (χ4n) is 4.98. The minimum absolute atomic E-state index is 0.323. The number of aromatic amines is 1. The van der Waals surface area contributed by atoms with Crippen LogP contribution in [0.4, 0.5) is 5.82 Å². The second kappa shape index (κ2) is 6.60. The molecule has 2 aliphatic rings. The first-order valence-corrected chi connectivity index (χ1v) is 10.9. The Morgan fingerprint density at radius 3 is 2.59 bits per heavy atom. The number of nitrogens with two attached hydrogens (primary N) is 1. The second-order valence-corrected chi connectivity index (χ2v) is 8.83. The van der Waals surface area contributed by atoms with Crippen LogP contribution >= 0.6 is 11.3 Å². The van der Waals surface area contributed by atoms with Crippen LogP contribution in [0.2, 0.25) is 0 Å². The average molecular weight is 404 g/mol. The van der Waals surface area contributed by atoms with Crippen LogP contribution in [-0.2, 0) is 0 Å². The minimum Gasteiger partial charge on any atom is -0.349 e. The van der Waals surface area contributed by atoms with E-state index in [1.54, 1.807) is 11.3 Å². The van der Waals surface area contributed by atoms with E-state index in [-0.39, 0.29) is 0 Å². The average Bonchev–Trinajstić information content (AvgIpc) is 3.48. The molecule has 2 fully saturated rings. The number of anilines is 1. The predicted octanol–water partition coefficient (Wildman–Crippen LogP) is 3.60. The van der Waals surface area contributed by atoms with Gasteiger partial charge in [0, 0.05) is 41.0 Å². The molecule has 8 heteroatoms. The molecule has 29 heavy (non-hydrogen) atoms. The lowest BCUT2D eigenvalue weighted by Crippen LogP contribution is -2.47. The van der Waals surface area contributed by atoms with Gasteiger partial charge in [0.15, 0.2) is 5.82 Å². The summed E-state index contributed by atoms with van der Waals surface area (Å²) in [7, 11) is 0. The molecular formula is C21H21N7S. The third-order valence-corrected chi connectivity index (χ3v) is 7.11. The minimum atomic E-state index is 0.323. The van der Waals surface area contributed by atoms with Gasteiger partial charge in [-0.2, -0.15) is 5.10 Å². The van der Waals surface area contributed by atoms with Gasteiger partial charge in [-0.15, -0.1) is 21.5 Å². The monoisotopic (exact) mass is 403 g/mol. The van der Waals surface area contributed by atoms with Crippen LogP contribution in [0.25, 0.3) is 32.6 Å². The molecular weight excluding hydrogens is 382 g/mol. The standard InChI is InChI=1S/C21H21N7S/c22-13-7-14-1-2-15(8-13)28(14)19-6-5-18(26-27-19)17-4-3-16(12-9-24-25-10-12)20-21(17)29-11-23-20/h3-6,9-11,13-15H,1-2,7-8,22H2,(H,24,25). The highest BCUT2D eigenvalue weighted by atomic mass is 32.1. The molecule has 3 N–H and O–H groups in total. The highest BCUT2D eigenvalue weighted by molar-refractivity contribution is 7.17. The maximum atomic E-state index is 6.21. The highest BCUT2D eigenvalue weighted by Gasteiger charge is 2.40. The largest absolute Gasteiger partial charge is 0.349 e. The number of rotatable bonds is 3. The SMILES string of the molecule is NC1CC2CCC(C1)N2c1ccc(-c2ccc(-c3cn[nH]c3)c3ncsc23)nn1. The third kappa shape index (κ3) is 2.74. The van der Waals surface area contributed by atoms with Gasteiger partial charge in [0.25, 0.3) is 0 Å². The summed E-state index contributed by atoms with van der Waals surface area (Å²) in [6.45, 7) is 0. The summed E-state index contributed by atoms with van der Waals surface area (Å²) in [5.74, 6) is 0.976. The highest BCUT2D eigenvalue weighted by Crippen LogP contribution is 2.39. The summed E-state index contributed by atoms with van der Waals surface area (Å²) in [6.07, 6.45) is 8.23. The molecule has 0 radical (unpaired) electrons. The summed E-state index contributed by atoms with van der Waals surface area (Å²) in [6, 6.07) is 9.73. The van der Waals surface area contributed by atoms with Crippen molar-refractivity contribution in [3.8, 4) is 22.4 Å². The summed E-state index contributed by atoms with van der Waals surface area (Å²) in [4.78, 5) is 7.04. The third-order valence-electron chi connectivity index (χ3n) is 6.25. The molecule has 2 saturated heterocycles. The topological polar surface area (TPSA) is 96.6 Å². The molecule has 2 unspecified atom stereocenters. The van der Waals surface area contributed by atoms with Gasteiger partial charge in [-0.25, -0.2) is 4.98 Å². The van der Waals surface area contributed by atoms with Crippen LogP contribution in [0.15, 0.2) is 42.2 Å². The molecule has 0 aliphatic carbocycles. The predicted molar refractivity (Wildman–Crippen MR) is 115 cm³/mol. The fourth-order valence-corrected chi connectivity index (χ4v) is 5.82. The lowest BCUT2D eigenvalue weighted by Gasteiger charge is -2.38. The fraction of sp³-hybridized carbons (Fsp3) is 0.333. The Kier molecular flexibility index (Phi) is 3.88. The van der Waals surface area contributed by atoms with Gasteiger partial charge in [0.05, 0.1) is 27.6 Å². The normalized spacial score (nSPS) is 23.8. The van der Waals surface area contributed by atoms with E-state index in [2.05, 4.69) is 54.5 Å². The van der Waals surface area contributed by atoms with Gasteiger partial charge in [-0.1, -0.05) is 12.1 Å². The maximum absolute atomic E-state index is 6.21. The van der Waals surface area contributed by atoms with E-state index in [0.717, 1.165) is 51.3 Å². The van der Waals surface area contributed by atoms with Gasteiger partial charge >= 0.3 is 0 Å². The smallest absolute Gasteiger partial charge is 0.151 e. The zero-order valence-electron chi connectivity index (χ0n) is 15.8. The second-order valence-electron chi connectivity index (χ2n) is 7.98. The number of benzene rings is 1. The Labute approximate surface area is 172 Å². The summed E-state index contributed by atoms with van der Waals surface area (Å²) >= 11 is 1.63. The van der Waals surface area contributed by atoms with Gasteiger partial charge < -0.3 is 10.6 Å². The van der Waals surface area contributed by atoms with E-state index in [0.29, 0.717) is 18.1 Å². The summed E-state index contributed by atoms with van der Waals surface area (Å²) < 4.78 is 1.12. The first-order valence-electron chi connectivity index (χ1n) is 10.0.